The highest BCUT2D eigenvalue weighted by Gasteiger charge is 2.09. The first-order valence-electron chi connectivity index (χ1n) is 4.86. The molecule has 0 saturated heterocycles. The van der Waals surface area contributed by atoms with Crippen LogP contribution in [0.1, 0.15) is 10.4 Å². The number of esters is 1. The van der Waals surface area contributed by atoms with E-state index in [1.165, 1.54) is 18.9 Å². The monoisotopic (exact) mass is 249 g/mol. The van der Waals surface area contributed by atoms with E-state index in [0.29, 0.717) is 11.3 Å². The number of carbonyl (C=O) groups is 1. The lowest BCUT2D eigenvalue weighted by Gasteiger charge is -2.05. The fourth-order valence-electron chi connectivity index (χ4n) is 1.30. The Balaban J connectivity index is 2.23. The smallest absolute Gasteiger partial charge is 0.337 e. The molecule has 0 aliphatic heterocycles. The molecule has 0 fully saturated rings. The summed E-state index contributed by atoms with van der Waals surface area (Å²) in [4.78, 5) is 19.2. The number of nitrogens with zero attached hydrogens (tertiary/aromatic N) is 1. The van der Waals surface area contributed by atoms with Gasteiger partial charge >= 0.3 is 5.97 Å². The molecule has 0 amide bonds. The Labute approximate surface area is 102 Å². The molecule has 1 heterocycles. The SMILES string of the molecule is COC(=O)c1ccc(Sc2ncc[nH]2)c(N)c1. The second kappa shape index (κ2) is 4.92. The minimum absolute atomic E-state index is 0.397. The van der Waals surface area contributed by atoms with Gasteiger partial charge < -0.3 is 15.5 Å². The summed E-state index contributed by atoms with van der Waals surface area (Å²) in [7, 11) is 1.34. The van der Waals surface area contributed by atoms with Crippen LogP contribution in [0.5, 0.6) is 0 Å². The van der Waals surface area contributed by atoms with Crippen molar-refractivity contribution in [2.75, 3.05) is 12.8 Å². The van der Waals surface area contributed by atoms with E-state index < -0.39 is 5.97 Å². The van der Waals surface area contributed by atoms with Gasteiger partial charge in [-0.2, -0.15) is 0 Å². The third kappa shape index (κ3) is 2.59. The number of rotatable bonds is 3. The van der Waals surface area contributed by atoms with Gasteiger partial charge in [-0.3, -0.25) is 0 Å². The first-order valence-corrected chi connectivity index (χ1v) is 5.67. The molecule has 1 aromatic heterocycles. The lowest BCUT2D eigenvalue weighted by Crippen LogP contribution is -2.02. The molecule has 0 saturated carbocycles. The molecular formula is C11H11N3O2S. The molecule has 0 unspecified atom stereocenters. The summed E-state index contributed by atoms with van der Waals surface area (Å²) in [6, 6.07) is 5.04. The van der Waals surface area contributed by atoms with Gasteiger partial charge in [-0.1, -0.05) is 0 Å². The first-order chi connectivity index (χ1) is 8.20. The van der Waals surface area contributed by atoms with Crippen LogP contribution in [-0.4, -0.2) is 23.0 Å². The molecule has 0 aliphatic rings. The summed E-state index contributed by atoms with van der Waals surface area (Å²) in [6.07, 6.45) is 3.41. The second-order valence-electron chi connectivity index (χ2n) is 3.24. The Hall–Kier alpha value is -1.95. The molecule has 17 heavy (non-hydrogen) atoms. The number of ether oxygens (including phenoxy) is 1. The zero-order chi connectivity index (χ0) is 12.3. The normalized spacial score (nSPS) is 10.2. The lowest BCUT2D eigenvalue weighted by atomic mass is 10.2. The van der Waals surface area contributed by atoms with Crippen LogP contribution in [-0.2, 0) is 4.74 Å². The quantitative estimate of drug-likeness (QED) is 0.641. The van der Waals surface area contributed by atoms with Crippen LogP contribution in [0.4, 0.5) is 5.69 Å². The topological polar surface area (TPSA) is 81.0 Å². The zero-order valence-electron chi connectivity index (χ0n) is 9.14. The van der Waals surface area contributed by atoms with Gasteiger partial charge in [0.2, 0.25) is 0 Å². The maximum absolute atomic E-state index is 11.3. The number of anilines is 1. The van der Waals surface area contributed by atoms with E-state index in [9.17, 15) is 4.79 Å². The minimum atomic E-state index is -0.397. The lowest BCUT2D eigenvalue weighted by molar-refractivity contribution is 0.0600. The van der Waals surface area contributed by atoms with Gasteiger partial charge in [0.05, 0.1) is 12.7 Å². The molecule has 6 heteroatoms. The van der Waals surface area contributed by atoms with E-state index in [2.05, 4.69) is 14.7 Å². The number of carbonyl (C=O) groups excluding carboxylic acids is 1. The summed E-state index contributed by atoms with van der Waals surface area (Å²) < 4.78 is 4.62. The van der Waals surface area contributed by atoms with Crippen molar-refractivity contribution in [3.63, 3.8) is 0 Å². The van der Waals surface area contributed by atoms with Gasteiger partial charge in [-0.05, 0) is 30.0 Å². The first kappa shape index (κ1) is 11.5. The summed E-state index contributed by atoms with van der Waals surface area (Å²) in [6.45, 7) is 0. The molecule has 0 spiro atoms. The maximum atomic E-state index is 11.3. The second-order valence-corrected chi connectivity index (χ2v) is 4.27. The van der Waals surface area contributed by atoms with Crippen molar-refractivity contribution in [1.82, 2.24) is 9.97 Å². The highest BCUT2D eigenvalue weighted by molar-refractivity contribution is 7.99. The fourth-order valence-corrected chi connectivity index (χ4v) is 2.06. The van der Waals surface area contributed by atoms with Crippen molar-refractivity contribution >= 4 is 23.4 Å². The highest BCUT2D eigenvalue weighted by Crippen LogP contribution is 2.30. The molecule has 0 aliphatic carbocycles. The number of aromatic amines is 1. The number of aromatic nitrogens is 2. The van der Waals surface area contributed by atoms with Crippen molar-refractivity contribution in [2.45, 2.75) is 10.1 Å². The Bertz CT molecular complexity index is 526. The van der Waals surface area contributed by atoms with Crippen LogP contribution >= 0.6 is 11.8 Å². The van der Waals surface area contributed by atoms with E-state index in [1.807, 2.05) is 0 Å². The predicted octanol–water partition coefficient (Wildman–Crippen LogP) is 1.93. The van der Waals surface area contributed by atoms with E-state index >= 15 is 0 Å². The maximum Gasteiger partial charge on any atom is 0.337 e. The molecule has 2 rings (SSSR count). The van der Waals surface area contributed by atoms with Crippen molar-refractivity contribution < 1.29 is 9.53 Å². The number of hydrogen-bond donors (Lipinski definition) is 2. The molecule has 0 atom stereocenters. The molecule has 3 N–H and O–H groups in total. The Morgan fingerprint density at radius 1 is 1.53 bits per heavy atom. The van der Waals surface area contributed by atoms with E-state index in [4.69, 9.17) is 5.73 Å². The molecule has 0 radical (unpaired) electrons. The summed E-state index contributed by atoms with van der Waals surface area (Å²) >= 11 is 1.41. The summed E-state index contributed by atoms with van der Waals surface area (Å²) in [5.74, 6) is -0.397. The van der Waals surface area contributed by atoms with Crippen molar-refractivity contribution in [3.05, 3.63) is 36.2 Å². The number of nitrogens with two attached hydrogens (primary N) is 1. The van der Waals surface area contributed by atoms with Crippen molar-refractivity contribution in [3.8, 4) is 0 Å². The number of hydrogen-bond acceptors (Lipinski definition) is 5. The van der Waals surface area contributed by atoms with Gasteiger partial charge in [-0.15, -0.1) is 0 Å². The number of methoxy groups -OCH3 is 1. The van der Waals surface area contributed by atoms with E-state index in [-0.39, 0.29) is 0 Å². The van der Waals surface area contributed by atoms with Crippen LogP contribution < -0.4 is 5.73 Å². The summed E-state index contributed by atoms with van der Waals surface area (Å²) in [5.41, 5.74) is 6.82. The third-order valence-corrected chi connectivity index (χ3v) is 3.12. The number of nitrogens with one attached hydrogen (secondary N) is 1. The molecule has 0 bridgehead atoms. The van der Waals surface area contributed by atoms with Crippen LogP contribution in [0.25, 0.3) is 0 Å². The van der Waals surface area contributed by atoms with Crippen LogP contribution in [0.3, 0.4) is 0 Å². The van der Waals surface area contributed by atoms with E-state index in [1.54, 1.807) is 30.6 Å². The van der Waals surface area contributed by atoms with Crippen LogP contribution in [0.15, 0.2) is 40.6 Å². The average molecular weight is 249 g/mol. The summed E-state index contributed by atoms with van der Waals surface area (Å²) in [5, 5.41) is 0.752. The van der Waals surface area contributed by atoms with Crippen molar-refractivity contribution in [1.29, 1.82) is 0 Å². The Morgan fingerprint density at radius 2 is 2.35 bits per heavy atom. The van der Waals surface area contributed by atoms with Crippen LogP contribution in [0.2, 0.25) is 0 Å². The van der Waals surface area contributed by atoms with Gasteiger partial charge in [0, 0.05) is 23.0 Å². The highest BCUT2D eigenvalue weighted by atomic mass is 32.2. The Kier molecular flexibility index (Phi) is 3.34. The van der Waals surface area contributed by atoms with Gasteiger partial charge in [0.25, 0.3) is 0 Å². The number of benzene rings is 1. The third-order valence-electron chi connectivity index (χ3n) is 2.11. The number of imidazole rings is 1. The molecule has 88 valence electrons. The molecular weight excluding hydrogens is 238 g/mol. The van der Waals surface area contributed by atoms with E-state index in [0.717, 1.165) is 10.1 Å². The molecule has 1 aromatic carbocycles. The molecule has 5 nitrogen and oxygen atoms in total. The fraction of sp³-hybridized carbons (Fsp3) is 0.0909. The molecule has 2 aromatic rings. The predicted molar refractivity (Wildman–Crippen MR) is 64.9 cm³/mol. The standard InChI is InChI=1S/C11H11N3O2S/c1-16-10(15)7-2-3-9(8(12)6-7)17-11-13-4-5-14-11/h2-6H,12H2,1H3,(H,13,14). The Morgan fingerprint density at radius 3 is 2.94 bits per heavy atom. The van der Waals surface area contributed by atoms with Crippen molar-refractivity contribution in [2.24, 2.45) is 0 Å². The largest absolute Gasteiger partial charge is 0.465 e. The number of H-pyrrole nitrogens is 1. The minimum Gasteiger partial charge on any atom is -0.465 e. The zero-order valence-corrected chi connectivity index (χ0v) is 9.95. The van der Waals surface area contributed by atoms with Crippen LogP contribution in [0, 0.1) is 0 Å². The van der Waals surface area contributed by atoms with Gasteiger partial charge in [0.1, 0.15) is 0 Å². The van der Waals surface area contributed by atoms with Gasteiger partial charge in [-0.25, -0.2) is 9.78 Å². The van der Waals surface area contributed by atoms with Gasteiger partial charge in [0.15, 0.2) is 5.16 Å². The number of nitrogen functional groups attached to an aromatic ring is 1. The average Bonchev–Trinajstić information content (AvgIpc) is 2.83.